The monoisotopic (exact) mass is 836 g/mol. The zero-order valence-corrected chi connectivity index (χ0v) is 31.8. The van der Waals surface area contributed by atoms with Crippen LogP contribution in [0.25, 0.3) is 11.2 Å². The number of primary amides is 1. The van der Waals surface area contributed by atoms with Crippen molar-refractivity contribution in [3.8, 4) is 0 Å². The van der Waals surface area contributed by atoms with Crippen LogP contribution in [0.15, 0.2) is 30.5 Å². The molecule has 1 amide bonds. The van der Waals surface area contributed by atoms with Gasteiger partial charge in [0.25, 0.3) is 0 Å². The molecule has 3 aromatic rings. The predicted molar refractivity (Wildman–Crippen MR) is 199 cm³/mol. The van der Waals surface area contributed by atoms with E-state index < -0.39 is 93.3 Å². The molecule has 0 saturated carbocycles. The van der Waals surface area contributed by atoms with Crippen LogP contribution in [0, 0.1) is 0 Å². The number of aliphatic hydroxyl groups excluding tert-OH is 6. The number of aliphatic hydroxyl groups is 6. The Hall–Kier alpha value is -4.99. The molecule has 0 radical (unpaired) electrons. The van der Waals surface area contributed by atoms with E-state index >= 15 is 0 Å². The van der Waals surface area contributed by atoms with Gasteiger partial charge in [-0.3, -0.25) is 4.79 Å². The van der Waals surface area contributed by atoms with Crippen LogP contribution in [-0.2, 0) is 44.5 Å². The van der Waals surface area contributed by atoms with Gasteiger partial charge in [0.1, 0.15) is 49.3 Å². The van der Waals surface area contributed by atoms with Gasteiger partial charge in [0.15, 0.2) is 41.4 Å². The van der Waals surface area contributed by atoms with Crippen molar-refractivity contribution in [2.45, 2.75) is 80.8 Å². The fourth-order valence-electron chi connectivity index (χ4n) is 6.17. The summed E-state index contributed by atoms with van der Waals surface area (Å²) in [6, 6.07) is 6.56. The third kappa shape index (κ3) is 11.6. The standard InChI is InChI=1S/C35H48N8O16/c1-43(12-17-11-39-30-22(40-17)29(36)41-34(37)42-30)18-6-4-16(5-7-18)31(51)55-15-19(46)3-2-8-53-9-10-54-33-28(25(49)23(47)20(13-44)57-33)58-32-26(50)27(59-35(38)52)24(48)21(14-45)56-32/h4-7,11,20-21,23-28,32-33,44-45,47-50H,2-3,8-10,12-15H2,1H3,(H2,38,52)(H4,36,37,39,41,42)/t20-,21+,23+,24+,25-,26-,27-,28-,32+,33?/m0/s1. The molecule has 59 heavy (non-hydrogen) atoms. The maximum Gasteiger partial charge on any atom is 0.404 e. The van der Waals surface area contributed by atoms with Gasteiger partial charge in [-0.1, -0.05) is 0 Å². The van der Waals surface area contributed by atoms with Crippen LogP contribution in [-0.4, -0.2) is 177 Å². The first kappa shape index (κ1) is 45.1. The van der Waals surface area contributed by atoms with Crippen molar-refractivity contribution in [1.82, 2.24) is 19.9 Å². The minimum Gasteiger partial charge on any atom is -0.454 e. The van der Waals surface area contributed by atoms with Crippen LogP contribution in [0.3, 0.4) is 0 Å². The van der Waals surface area contributed by atoms with E-state index in [9.17, 15) is 45.0 Å². The first-order chi connectivity index (χ1) is 28.2. The Bertz CT molecular complexity index is 1880. The summed E-state index contributed by atoms with van der Waals surface area (Å²) in [4.78, 5) is 54.9. The summed E-state index contributed by atoms with van der Waals surface area (Å²) < 4.78 is 37.7. The van der Waals surface area contributed by atoms with E-state index in [4.69, 9.17) is 50.4 Å². The zero-order valence-electron chi connectivity index (χ0n) is 31.8. The summed E-state index contributed by atoms with van der Waals surface area (Å²) in [5.41, 5.74) is 18.8. The van der Waals surface area contributed by atoms with Gasteiger partial charge in [0.2, 0.25) is 5.95 Å². The number of nitrogen functional groups attached to an aromatic ring is 2. The number of hydrogen-bond acceptors (Lipinski definition) is 23. The summed E-state index contributed by atoms with van der Waals surface area (Å²) in [5, 5.41) is 61.5. The smallest absolute Gasteiger partial charge is 0.404 e. The molecule has 0 spiro atoms. The lowest BCUT2D eigenvalue weighted by Gasteiger charge is -2.46. The summed E-state index contributed by atoms with van der Waals surface area (Å²) in [6.07, 6.45) is -15.7. The molecule has 5 rings (SSSR count). The molecule has 12 N–H and O–H groups in total. The molecular weight excluding hydrogens is 788 g/mol. The number of Topliss-reactive ketones (excluding diaryl/α,β-unsaturated/α-hetero) is 1. The molecule has 2 fully saturated rings. The number of nitrogens with two attached hydrogens (primary N) is 3. The second-order valence-electron chi connectivity index (χ2n) is 13.5. The summed E-state index contributed by atoms with van der Waals surface area (Å²) >= 11 is 0. The fraction of sp³-hybridized carbons (Fsp3) is 0.571. The lowest BCUT2D eigenvalue weighted by molar-refractivity contribution is -0.367. The van der Waals surface area contributed by atoms with E-state index in [0.717, 1.165) is 5.69 Å². The van der Waals surface area contributed by atoms with Crippen LogP contribution < -0.4 is 22.1 Å². The van der Waals surface area contributed by atoms with Gasteiger partial charge >= 0.3 is 12.1 Å². The third-order valence-electron chi connectivity index (χ3n) is 9.25. The molecule has 0 bridgehead atoms. The minimum atomic E-state index is -1.88. The molecule has 24 nitrogen and oxygen atoms in total. The van der Waals surface area contributed by atoms with Crippen LogP contribution in [0.2, 0.25) is 0 Å². The topological polar surface area (TPSA) is 370 Å². The van der Waals surface area contributed by atoms with Gasteiger partial charge in [-0.2, -0.15) is 9.97 Å². The van der Waals surface area contributed by atoms with Gasteiger partial charge in [-0.15, -0.1) is 0 Å². The zero-order chi connectivity index (χ0) is 42.8. The number of carbonyl (C=O) groups excluding carboxylic acids is 3. The molecule has 10 atom stereocenters. The Balaban J connectivity index is 1.02. The molecule has 0 aliphatic carbocycles. The van der Waals surface area contributed by atoms with Crippen LogP contribution >= 0.6 is 0 Å². The lowest BCUT2D eigenvalue weighted by Crippen LogP contribution is -2.65. The lowest BCUT2D eigenvalue weighted by atomic mass is 9.97. The molecule has 2 saturated heterocycles. The molecule has 24 heteroatoms. The SMILES string of the molecule is CN(Cc1cnc2nc(N)nc(N)c2n1)c1ccc(C(=O)OCC(=O)CCCOCCOC2O[C@@H](CO)[C@@H](O)[C@H](O)[C@@H]2O[C@H]2O[C@H](CO)[C@@H](O)[C@H](OC(N)=O)[C@@H]2O)cc1. The number of aromatic nitrogens is 4. The minimum absolute atomic E-state index is 0.000980. The normalized spacial score (nSPS) is 27.0. The number of esters is 1. The molecule has 324 valence electrons. The summed E-state index contributed by atoms with van der Waals surface area (Å²) in [6.45, 7) is -1.71. The van der Waals surface area contributed by atoms with E-state index in [2.05, 4.69) is 19.9 Å². The molecule has 2 aliphatic heterocycles. The maximum absolute atomic E-state index is 12.6. The van der Waals surface area contributed by atoms with E-state index in [1.165, 1.54) is 0 Å². The first-order valence-electron chi connectivity index (χ1n) is 18.3. The molecule has 4 heterocycles. The number of carbonyl (C=O) groups is 3. The Morgan fingerprint density at radius 1 is 0.847 bits per heavy atom. The summed E-state index contributed by atoms with van der Waals surface area (Å²) in [7, 11) is 1.82. The number of hydrogen-bond donors (Lipinski definition) is 9. The van der Waals surface area contributed by atoms with E-state index in [-0.39, 0.29) is 61.4 Å². The number of nitrogens with zero attached hydrogens (tertiary/aromatic N) is 5. The maximum atomic E-state index is 12.6. The van der Waals surface area contributed by atoms with Crippen molar-refractivity contribution >= 4 is 46.5 Å². The Morgan fingerprint density at radius 3 is 2.24 bits per heavy atom. The molecular formula is C35H48N8O16. The first-order valence-corrected chi connectivity index (χ1v) is 18.3. The van der Waals surface area contributed by atoms with Crippen molar-refractivity contribution < 1.29 is 78.2 Å². The van der Waals surface area contributed by atoms with Crippen LogP contribution in [0.5, 0.6) is 0 Å². The van der Waals surface area contributed by atoms with E-state index in [1.54, 1.807) is 30.5 Å². The molecule has 1 aromatic carbocycles. The van der Waals surface area contributed by atoms with E-state index in [0.29, 0.717) is 17.8 Å². The number of rotatable bonds is 19. The highest BCUT2D eigenvalue weighted by Gasteiger charge is 2.52. The highest BCUT2D eigenvalue weighted by Crippen LogP contribution is 2.31. The number of fused-ring (bicyclic) bond motifs is 1. The van der Waals surface area contributed by atoms with Crippen LogP contribution in [0.1, 0.15) is 28.9 Å². The van der Waals surface area contributed by atoms with Crippen molar-refractivity contribution in [2.75, 3.05) is 63.1 Å². The van der Waals surface area contributed by atoms with E-state index in [1.807, 2.05) is 11.9 Å². The Labute approximate surface area is 335 Å². The highest BCUT2D eigenvalue weighted by atomic mass is 16.8. The largest absolute Gasteiger partial charge is 0.454 e. The molecule has 2 aliphatic rings. The van der Waals surface area contributed by atoms with Crippen molar-refractivity contribution in [3.05, 3.63) is 41.7 Å². The average Bonchev–Trinajstić information content (AvgIpc) is 3.21. The molecule has 1 unspecified atom stereocenters. The third-order valence-corrected chi connectivity index (χ3v) is 9.25. The fourth-order valence-corrected chi connectivity index (χ4v) is 6.17. The van der Waals surface area contributed by atoms with Gasteiger partial charge < -0.3 is 85.9 Å². The van der Waals surface area contributed by atoms with Crippen molar-refractivity contribution in [2.24, 2.45) is 5.73 Å². The number of benzene rings is 1. The number of ether oxygens (including phenoxy) is 7. The molecule has 2 aromatic heterocycles. The van der Waals surface area contributed by atoms with Crippen molar-refractivity contribution in [1.29, 1.82) is 0 Å². The number of anilines is 3. The highest BCUT2D eigenvalue weighted by molar-refractivity contribution is 5.92. The Morgan fingerprint density at radius 2 is 1.54 bits per heavy atom. The second-order valence-corrected chi connectivity index (χ2v) is 13.5. The number of ketones is 1. The average molecular weight is 837 g/mol. The van der Waals surface area contributed by atoms with Crippen LogP contribution in [0.4, 0.5) is 22.2 Å². The van der Waals surface area contributed by atoms with Gasteiger partial charge in [0, 0.05) is 25.8 Å². The summed E-state index contributed by atoms with van der Waals surface area (Å²) in [5.74, 6) is -0.908. The predicted octanol–water partition coefficient (Wildman–Crippen LogP) is -3.51. The van der Waals surface area contributed by atoms with Gasteiger partial charge in [-0.25, -0.2) is 19.6 Å². The van der Waals surface area contributed by atoms with Gasteiger partial charge in [-0.05, 0) is 30.7 Å². The van der Waals surface area contributed by atoms with Crippen molar-refractivity contribution in [3.63, 3.8) is 0 Å². The quantitative estimate of drug-likeness (QED) is 0.0417. The van der Waals surface area contributed by atoms with Gasteiger partial charge in [0.05, 0.1) is 50.4 Å². The number of amides is 1. The Kier molecular flexibility index (Phi) is 15.9. The second kappa shape index (κ2) is 20.8.